The van der Waals surface area contributed by atoms with Crippen LogP contribution in [0, 0.1) is 10.1 Å². The van der Waals surface area contributed by atoms with Crippen molar-refractivity contribution in [3.8, 4) is 5.75 Å². The number of benzene rings is 2. The second-order valence-electron chi connectivity index (χ2n) is 4.88. The molecule has 2 aromatic carbocycles. The van der Waals surface area contributed by atoms with Gasteiger partial charge in [-0.1, -0.05) is 35.9 Å². The molecule has 1 N–H and O–H groups in total. The van der Waals surface area contributed by atoms with Crippen LogP contribution in [0.1, 0.15) is 11.3 Å². The first-order valence-corrected chi connectivity index (χ1v) is 7.13. The monoisotopic (exact) mass is 326 g/mol. The van der Waals surface area contributed by atoms with Gasteiger partial charge in [0.05, 0.1) is 10.6 Å². The predicted octanol–water partition coefficient (Wildman–Crippen LogP) is 4.67. The minimum absolute atomic E-state index is 0.0295. The van der Waals surface area contributed by atoms with E-state index in [1.807, 2.05) is 12.1 Å². The zero-order valence-electron chi connectivity index (χ0n) is 11.8. The molecule has 0 bridgehead atoms. The zero-order valence-corrected chi connectivity index (χ0v) is 12.6. The summed E-state index contributed by atoms with van der Waals surface area (Å²) in [6.45, 7) is 0. The minimum atomic E-state index is -0.472. The second kappa shape index (κ2) is 6.06. The SMILES string of the molecule is O=[N+]([O-])c1ccc(Cl)c(C=Cc2ccc3cccc(O)c3n2)c1. The largest absolute Gasteiger partial charge is 0.506 e. The Morgan fingerprint density at radius 3 is 2.74 bits per heavy atom. The van der Waals surface area contributed by atoms with Gasteiger partial charge in [0, 0.05) is 22.5 Å². The number of nitrogens with zero attached hydrogens (tertiary/aromatic N) is 2. The molecule has 114 valence electrons. The molecule has 1 heterocycles. The van der Waals surface area contributed by atoms with Gasteiger partial charge in [0.2, 0.25) is 0 Å². The molecule has 0 fully saturated rings. The fourth-order valence-electron chi connectivity index (χ4n) is 2.19. The van der Waals surface area contributed by atoms with Crippen LogP contribution < -0.4 is 0 Å². The lowest BCUT2D eigenvalue weighted by atomic mass is 10.1. The molecule has 0 atom stereocenters. The number of phenols is 1. The second-order valence-corrected chi connectivity index (χ2v) is 5.29. The number of aromatic nitrogens is 1. The number of nitro groups is 1. The molecule has 0 aliphatic carbocycles. The zero-order chi connectivity index (χ0) is 16.4. The number of nitro benzene ring substituents is 1. The van der Waals surface area contributed by atoms with E-state index in [-0.39, 0.29) is 11.4 Å². The normalized spacial score (nSPS) is 11.2. The van der Waals surface area contributed by atoms with Crippen LogP contribution in [0.3, 0.4) is 0 Å². The van der Waals surface area contributed by atoms with Gasteiger partial charge in [-0.25, -0.2) is 4.98 Å². The van der Waals surface area contributed by atoms with E-state index >= 15 is 0 Å². The number of non-ortho nitro benzene ring substituents is 1. The van der Waals surface area contributed by atoms with Crippen LogP contribution in [0.25, 0.3) is 23.1 Å². The van der Waals surface area contributed by atoms with Crippen molar-refractivity contribution in [1.29, 1.82) is 0 Å². The van der Waals surface area contributed by atoms with Crippen molar-refractivity contribution in [2.45, 2.75) is 0 Å². The number of pyridine rings is 1. The first-order valence-electron chi connectivity index (χ1n) is 6.75. The van der Waals surface area contributed by atoms with E-state index in [9.17, 15) is 15.2 Å². The van der Waals surface area contributed by atoms with Gasteiger partial charge in [-0.15, -0.1) is 0 Å². The van der Waals surface area contributed by atoms with Crippen molar-refractivity contribution >= 4 is 40.3 Å². The van der Waals surface area contributed by atoms with E-state index in [0.29, 0.717) is 21.8 Å². The van der Waals surface area contributed by atoms with E-state index in [0.717, 1.165) is 5.39 Å². The maximum atomic E-state index is 10.8. The number of hydrogen-bond acceptors (Lipinski definition) is 4. The third-order valence-corrected chi connectivity index (χ3v) is 3.69. The molecule has 0 radical (unpaired) electrons. The molecule has 1 aromatic heterocycles. The summed E-state index contributed by atoms with van der Waals surface area (Å²) in [6, 6.07) is 13.0. The molecule has 23 heavy (non-hydrogen) atoms. The van der Waals surface area contributed by atoms with Crippen LogP contribution in [0.4, 0.5) is 5.69 Å². The summed E-state index contributed by atoms with van der Waals surface area (Å²) in [5, 5.41) is 21.9. The van der Waals surface area contributed by atoms with E-state index in [4.69, 9.17) is 11.6 Å². The van der Waals surface area contributed by atoms with Gasteiger partial charge in [-0.2, -0.15) is 0 Å². The van der Waals surface area contributed by atoms with Gasteiger partial charge in [-0.3, -0.25) is 10.1 Å². The third-order valence-electron chi connectivity index (χ3n) is 3.34. The first kappa shape index (κ1) is 15.0. The maximum Gasteiger partial charge on any atom is 0.270 e. The lowest BCUT2D eigenvalue weighted by Crippen LogP contribution is -1.88. The van der Waals surface area contributed by atoms with Crippen LogP contribution in [-0.2, 0) is 0 Å². The minimum Gasteiger partial charge on any atom is -0.506 e. The van der Waals surface area contributed by atoms with E-state index < -0.39 is 4.92 Å². The molecule has 0 saturated heterocycles. The standard InChI is InChI=1S/C17H11ClN2O3/c18-15-9-8-14(20(22)23)10-12(15)5-7-13-6-4-11-2-1-3-16(21)17(11)19-13/h1-10,21H. The molecule has 0 spiro atoms. The summed E-state index contributed by atoms with van der Waals surface area (Å²) < 4.78 is 0. The van der Waals surface area contributed by atoms with Gasteiger partial charge in [0.25, 0.3) is 5.69 Å². The van der Waals surface area contributed by atoms with Gasteiger partial charge < -0.3 is 5.11 Å². The molecule has 3 aromatic rings. The molecular formula is C17H11ClN2O3. The Morgan fingerprint density at radius 2 is 1.96 bits per heavy atom. The molecule has 0 saturated carbocycles. The van der Waals surface area contributed by atoms with Gasteiger partial charge >= 0.3 is 0 Å². The highest BCUT2D eigenvalue weighted by Gasteiger charge is 2.08. The van der Waals surface area contributed by atoms with Crippen molar-refractivity contribution in [3.05, 3.63) is 74.9 Å². The van der Waals surface area contributed by atoms with Crippen molar-refractivity contribution in [2.75, 3.05) is 0 Å². The number of fused-ring (bicyclic) bond motifs is 1. The Labute approximate surface area is 136 Å². The Hall–Kier alpha value is -2.92. The number of rotatable bonds is 3. The molecule has 0 aliphatic heterocycles. The quantitative estimate of drug-likeness (QED) is 0.560. The van der Waals surface area contributed by atoms with Gasteiger partial charge in [-0.05, 0) is 29.8 Å². The molecule has 3 rings (SSSR count). The highest BCUT2D eigenvalue weighted by Crippen LogP contribution is 2.25. The molecule has 0 unspecified atom stereocenters. The van der Waals surface area contributed by atoms with Crippen LogP contribution in [0.5, 0.6) is 5.75 Å². The topological polar surface area (TPSA) is 76.3 Å². The fraction of sp³-hybridized carbons (Fsp3) is 0. The lowest BCUT2D eigenvalue weighted by molar-refractivity contribution is -0.384. The summed E-state index contributed by atoms with van der Waals surface area (Å²) in [5.41, 5.74) is 1.61. The predicted molar refractivity (Wildman–Crippen MR) is 90.4 cm³/mol. The summed E-state index contributed by atoms with van der Waals surface area (Å²) in [7, 11) is 0. The molecule has 0 amide bonds. The number of para-hydroxylation sites is 1. The van der Waals surface area contributed by atoms with Crippen molar-refractivity contribution in [1.82, 2.24) is 4.98 Å². The summed E-state index contributed by atoms with van der Waals surface area (Å²) >= 11 is 6.05. The van der Waals surface area contributed by atoms with E-state index in [1.54, 1.807) is 30.4 Å². The maximum absolute atomic E-state index is 10.8. The number of aromatic hydroxyl groups is 1. The number of phenolic OH excluding ortho intramolecular Hbond substituents is 1. The van der Waals surface area contributed by atoms with Gasteiger partial charge in [0.15, 0.2) is 0 Å². The van der Waals surface area contributed by atoms with Crippen molar-refractivity contribution in [3.63, 3.8) is 0 Å². The molecule has 0 aliphatic rings. The van der Waals surface area contributed by atoms with E-state index in [2.05, 4.69) is 4.98 Å². The third kappa shape index (κ3) is 3.14. The van der Waals surface area contributed by atoms with E-state index in [1.165, 1.54) is 18.2 Å². The Morgan fingerprint density at radius 1 is 1.13 bits per heavy atom. The van der Waals surface area contributed by atoms with Gasteiger partial charge in [0.1, 0.15) is 11.3 Å². The van der Waals surface area contributed by atoms with Crippen LogP contribution in [-0.4, -0.2) is 15.0 Å². The number of hydrogen-bond donors (Lipinski definition) is 1. The average molecular weight is 327 g/mol. The Bertz CT molecular complexity index is 938. The summed E-state index contributed by atoms with van der Waals surface area (Å²) in [5.74, 6) is 0.103. The smallest absolute Gasteiger partial charge is 0.270 e. The van der Waals surface area contributed by atoms with Crippen LogP contribution in [0.2, 0.25) is 5.02 Å². The molecule has 5 nitrogen and oxygen atoms in total. The Balaban J connectivity index is 1.98. The average Bonchev–Trinajstić information content (AvgIpc) is 2.54. The molecule has 6 heteroatoms. The highest BCUT2D eigenvalue weighted by atomic mass is 35.5. The Kier molecular flexibility index (Phi) is 3.95. The molecular weight excluding hydrogens is 316 g/mol. The lowest BCUT2D eigenvalue weighted by Gasteiger charge is -2.02. The first-order chi connectivity index (χ1) is 11.0. The number of halogens is 1. The highest BCUT2D eigenvalue weighted by molar-refractivity contribution is 6.32. The van der Waals surface area contributed by atoms with Crippen LogP contribution in [0.15, 0.2) is 48.5 Å². The summed E-state index contributed by atoms with van der Waals surface area (Å²) in [4.78, 5) is 14.7. The van der Waals surface area contributed by atoms with Crippen LogP contribution >= 0.6 is 11.6 Å². The van der Waals surface area contributed by atoms with Crippen molar-refractivity contribution < 1.29 is 10.0 Å². The summed E-state index contributed by atoms with van der Waals surface area (Å²) in [6.07, 6.45) is 3.35. The van der Waals surface area contributed by atoms with Crippen molar-refractivity contribution in [2.24, 2.45) is 0 Å². The fourth-order valence-corrected chi connectivity index (χ4v) is 2.37.